The average molecular weight is 571 g/mol. The monoisotopic (exact) mass is 570 g/mol. The quantitative estimate of drug-likeness (QED) is 0.153. The third-order valence-electron chi connectivity index (χ3n) is 7.07. The van der Waals surface area contributed by atoms with Crippen molar-refractivity contribution in [2.45, 2.75) is 77.2 Å². The van der Waals surface area contributed by atoms with Crippen molar-refractivity contribution in [1.29, 1.82) is 0 Å². The van der Waals surface area contributed by atoms with Crippen molar-refractivity contribution in [1.82, 2.24) is 0 Å². The van der Waals surface area contributed by atoms with Crippen LogP contribution in [0.1, 0.15) is 49.9 Å². The summed E-state index contributed by atoms with van der Waals surface area (Å²) < 4.78 is 16.5. The lowest BCUT2D eigenvalue weighted by Crippen LogP contribution is -2.37. The van der Waals surface area contributed by atoms with E-state index < -0.39 is 34.7 Å². The molecule has 2 unspecified atom stereocenters. The Morgan fingerprint density at radius 2 is 1.07 bits per heavy atom. The number of rotatable bonds is 10. The van der Waals surface area contributed by atoms with Gasteiger partial charge in [-0.05, 0) is 63.1 Å². The van der Waals surface area contributed by atoms with Crippen molar-refractivity contribution in [3.05, 3.63) is 79.5 Å². The van der Waals surface area contributed by atoms with Crippen molar-refractivity contribution < 1.29 is 44.2 Å². The van der Waals surface area contributed by atoms with Gasteiger partial charge in [0.05, 0.1) is 47.8 Å². The highest BCUT2D eigenvalue weighted by molar-refractivity contribution is 5.84. The maximum absolute atomic E-state index is 12.0. The molecule has 2 heterocycles. The first-order valence-electron chi connectivity index (χ1n) is 13.0. The Morgan fingerprint density at radius 1 is 0.707 bits per heavy atom. The summed E-state index contributed by atoms with van der Waals surface area (Å²) in [5.41, 5.74) is -3.37. The number of hydrogen-bond donors (Lipinski definition) is 6. The van der Waals surface area contributed by atoms with Gasteiger partial charge < -0.3 is 44.2 Å². The van der Waals surface area contributed by atoms with Crippen LogP contribution in [-0.2, 0) is 30.8 Å². The molecule has 0 spiro atoms. The molecule has 2 aromatic carbocycles. The molecule has 4 rings (SSSR count). The Morgan fingerprint density at radius 3 is 1.41 bits per heavy atom. The molecule has 0 saturated heterocycles. The lowest BCUT2D eigenvalue weighted by atomic mass is 9.92. The van der Waals surface area contributed by atoms with E-state index in [1.807, 2.05) is 0 Å². The maximum Gasteiger partial charge on any atom is 0.336 e. The van der Waals surface area contributed by atoms with Gasteiger partial charge in [-0.2, -0.15) is 0 Å². The van der Waals surface area contributed by atoms with Crippen molar-refractivity contribution in [2.75, 3.05) is 0 Å². The second-order valence-electron chi connectivity index (χ2n) is 11.3. The Balaban J connectivity index is 1.72. The van der Waals surface area contributed by atoms with E-state index in [1.165, 1.54) is 64.1 Å². The van der Waals surface area contributed by atoms with Gasteiger partial charge in [0, 0.05) is 35.7 Å². The third-order valence-corrected chi connectivity index (χ3v) is 7.07. The second-order valence-corrected chi connectivity index (χ2v) is 11.3. The van der Waals surface area contributed by atoms with Crippen molar-refractivity contribution in [3.63, 3.8) is 0 Å². The lowest BCUT2D eigenvalue weighted by Gasteiger charge is -2.25. The maximum atomic E-state index is 12.0. The Labute approximate surface area is 234 Å². The molecule has 0 radical (unpaired) electrons. The molecule has 0 saturated carbocycles. The molecule has 11 nitrogen and oxygen atoms in total. The summed E-state index contributed by atoms with van der Waals surface area (Å²) in [5, 5.41) is 64.2. The number of ether oxygens (including phenoxy) is 1. The summed E-state index contributed by atoms with van der Waals surface area (Å²) in [6.07, 6.45) is -2.66. The fourth-order valence-electron chi connectivity index (χ4n) is 4.42. The molecule has 0 aliphatic rings. The molecule has 0 fully saturated rings. The largest absolute Gasteiger partial charge is 0.507 e. The van der Waals surface area contributed by atoms with Gasteiger partial charge in [0.25, 0.3) is 0 Å². The number of aromatic hydroxyl groups is 2. The zero-order valence-electron chi connectivity index (χ0n) is 23.2. The number of hydrogen-bond acceptors (Lipinski definition) is 11. The zero-order valence-corrected chi connectivity index (χ0v) is 23.2. The van der Waals surface area contributed by atoms with E-state index >= 15 is 0 Å². The van der Waals surface area contributed by atoms with E-state index in [0.29, 0.717) is 10.8 Å². The zero-order chi connectivity index (χ0) is 30.3. The SMILES string of the molecule is CC(C)(O)C(O)Cc1cc2ccc(=O)oc2c(COCc2c(O)c(CC(O)C(C)(C)O)cc3ccc(=O)oc23)c1O. The van der Waals surface area contributed by atoms with Gasteiger partial charge in [-0.1, -0.05) is 0 Å². The Bertz CT molecular complexity index is 1560. The predicted molar refractivity (Wildman–Crippen MR) is 149 cm³/mol. The second kappa shape index (κ2) is 11.3. The highest BCUT2D eigenvalue weighted by Gasteiger charge is 2.28. The summed E-state index contributed by atoms with van der Waals surface area (Å²) in [5.74, 6) is -0.615. The Hall–Kier alpha value is -3.74. The van der Waals surface area contributed by atoms with Gasteiger partial charge in [-0.25, -0.2) is 9.59 Å². The number of aliphatic hydroxyl groups excluding tert-OH is 2. The number of aliphatic hydroxyl groups is 4. The molecule has 2 atom stereocenters. The highest BCUT2D eigenvalue weighted by atomic mass is 16.5. The molecule has 0 aliphatic heterocycles. The van der Waals surface area contributed by atoms with Gasteiger partial charge in [-0.3, -0.25) is 0 Å². The van der Waals surface area contributed by atoms with Crippen LogP contribution >= 0.6 is 0 Å². The minimum atomic E-state index is -1.45. The summed E-state index contributed by atoms with van der Waals surface area (Å²) in [7, 11) is 0. The minimum Gasteiger partial charge on any atom is -0.507 e. The topological polar surface area (TPSA) is 191 Å². The van der Waals surface area contributed by atoms with Gasteiger partial charge >= 0.3 is 11.3 Å². The minimum absolute atomic E-state index is 0.0548. The molecular weight excluding hydrogens is 536 g/mol. The summed E-state index contributed by atoms with van der Waals surface area (Å²) in [6.45, 7) is 5.09. The number of fused-ring (bicyclic) bond motifs is 2. The molecule has 4 aromatic rings. The van der Waals surface area contributed by atoms with Crippen LogP contribution in [0.15, 0.2) is 54.8 Å². The van der Waals surface area contributed by atoms with E-state index in [0.717, 1.165) is 0 Å². The van der Waals surface area contributed by atoms with Gasteiger partial charge in [0.15, 0.2) is 0 Å². The summed E-state index contributed by atoms with van der Waals surface area (Å²) in [4.78, 5) is 24.0. The molecule has 0 bridgehead atoms. The smallest absolute Gasteiger partial charge is 0.336 e. The van der Waals surface area contributed by atoms with Gasteiger partial charge in [0.2, 0.25) is 0 Å². The van der Waals surface area contributed by atoms with E-state index in [1.54, 1.807) is 0 Å². The first-order valence-corrected chi connectivity index (χ1v) is 13.0. The van der Waals surface area contributed by atoms with Crippen LogP contribution < -0.4 is 11.3 Å². The molecule has 11 heteroatoms. The fraction of sp³-hybridized carbons (Fsp3) is 0.400. The van der Waals surface area contributed by atoms with Crippen LogP contribution in [0.4, 0.5) is 0 Å². The van der Waals surface area contributed by atoms with Crippen molar-refractivity contribution in [2.24, 2.45) is 0 Å². The molecule has 220 valence electrons. The van der Waals surface area contributed by atoms with E-state index in [2.05, 4.69) is 0 Å². The predicted octanol–water partition coefficient (Wildman–Crippen LogP) is 2.38. The molecule has 0 amide bonds. The summed E-state index contributed by atoms with van der Waals surface area (Å²) >= 11 is 0. The number of phenols is 2. The van der Waals surface area contributed by atoms with E-state index in [-0.39, 0.29) is 71.0 Å². The van der Waals surface area contributed by atoms with Crippen LogP contribution in [0, 0.1) is 0 Å². The molecule has 6 N–H and O–H groups in total. The van der Waals surface area contributed by atoms with Crippen LogP contribution in [0.3, 0.4) is 0 Å². The summed E-state index contributed by atoms with van der Waals surface area (Å²) in [6, 6.07) is 8.49. The first kappa shape index (κ1) is 30.2. The normalized spacial score (nSPS) is 14.0. The van der Waals surface area contributed by atoms with Crippen molar-refractivity contribution >= 4 is 21.9 Å². The average Bonchev–Trinajstić information content (AvgIpc) is 2.87. The molecular formula is C30H34O11. The van der Waals surface area contributed by atoms with Crippen LogP contribution in [0.2, 0.25) is 0 Å². The molecule has 0 aliphatic carbocycles. The van der Waals surface area contributed by atoms with Gasteiger partial charge in [0.1, 0.15) is 22.7 Å². The standard InChI is InChI=1S/C30H34O11/c1-29(2,37)21(31)11-17-9-15-5-7-23(33)40-27(15)19(25(17)35)13-39-14-20-26(36)18(12-22(32)30(3,4)38)10-16-6-8-24(34)41-28(16)20/h5-10,21-22,31-32,35-38H,11-14H2,1-4H3. The highest BCUT2D eigenvalue weighted by Crippen LogP contribution is 2.36. The van der Waals surface area contributed by atoms with Crippen LogP contribution in [0.5, 0.6) is 11.5 Å². The third kappa shape index (κ3) is 6.61. The number of benzene rings is 2. The Kier molecular flexibility index (Phi) is 8.30. The lowest BCUT2D eigenvalue weighted by molar-refractivity contribution is -0.0471. The first-order chi connectivity index (χ1) is 19.1. The molecule has 41 heavy (non-hydrogen) atoms. The number of phenolic OH excluding ortho intramolecular Hbond substituents is 2. The van der Waals surface area contributed by atoms with E-state index in [9.17, 15) is 40.2 Å². The van der Waals surface area contributed by atoms with Crippen LogP contribution in [0.25, 0.3) is 21.9 Å². The van der Waals surface area contributed by atoms with E-state index in [4.69, 9.17) is 13.6 Å². The van der Waals surface area contributed by atoms with Gasteiger partial charge in [-0.15, -0.1) is 0 Å². The van der Waals surface area contributed by atoms with Crippen molar-refractivity contribution in [3.8, 4) is 11.5 Å². The fourth-order valence-corrected chi connectivity index (χ4v) is 4.42. The molecule has 2 aromatic heterocycles. The van der Waals surface area contributed by atoms with Crippen LogP contribution in [-0.4, -0.2) is 54.0 Å².